The normalized spacial score (nSPS) is 13.6. The number of hydrogen-bond donors (Lipinski definition) is 1. The highest BCUT2D eigenvalue weighted by atomic mass is 32.2. The number of halogens is 1. The van der Waals surface area contributed by atoms with Gasteiger partial charge in [-0.25, -0.2) is 9.37 Å². The number of carbonyl (C=O) groups is 1. The van der Waals surface area contributed by atoms with Gasteiger partial charge in [-0.2, -0.15) is 0 Å². The molecule has 1 fully saturated rings. The first-order chi connectivity index (χ1) is 14.5. The summed E-state index contributed by atoms with van der Waals surface area (Å²) in [6.07, 6.45) is 5.77. The fourth-order valence-corrected chi connectivity index (χ4v) is 4.41. The number of nitrogens with zero attached hydrogens (tertiary/aromatic N) is 3. The Labute approximate surface area is 180 Å². The van der Waals surface area contributed by atoms with E-state index in [4.69, 9.17) is 0 Å². The van der Waals surface area contributed by atoms with E-state index in [9.17, 15) is 9.18 Å². The van der Waals surface area contributed by atoms with Crippen LogP contribution in [0.25, 0.3) is 5.69 Å². The number of para-hydroxylation sites is 1. The molecule has 0 unspecified atom stereocenters. The Morgan fingerprint density at radius 2 is 1.97 bits per heavy atom. The molecule has 1 N–H and O–H groups in total. The van der Waals surface area contributed by atoms with Gasteiger partial charge in [-0.3, -0.25) is 9.36 Å². The molecule has 0 radical (unpaired) electrons. The number of benzene rings is 2. The number of imidazole rings is 1. The van der Waals surface area contributed by atoms with Crippen LogP contribution in [0, 0.1) is 19.7 Å². The topological polar surface area (TPSA) is 50.2 Å². The molecule has 0 saturated carbocycles. The maximum atomic E-state index is 14.5. The van der Waals surface area contributed by atoms with Crippen LogP contribution in [-0.2, 0) is 4.79 Å². The lowest BCUT2D eigenvalue weighted by Crippen LogP contribution is -2.22. The number of aromatic nitrogens is 2. The van der Waals surface area contributed by atoms with Gasteiger partial charge in [-0.1, -0.05) is 23.9 Å². The van der Waals surface area contributed by atoms with Gasteiger partial charge >= 0.3 is 0 Å². The van der Waals surface area contributed by atoms with Gasteiger partial charge < -0.3 is 10.2 Å². The molecule has 2 heterocycles. The van der Waals surface area contributed by atoms with E-state index in [2.05, 4.69) is 41.2 Å². The van der Waals surface area contributed by atoms with Crippen LogP contribution < -0.4 is 10.2 Å². The Hall–Kier alpha value is -2.80. The summed E-state index contributed by atoms with van der Waals surface area (Å²) >= 11 is 1.33. The van der Waals surface area contributed by atoms with Crippen LogP contribution in [0.3, 0.4) is 0 Å². The molecule has 1 aliphatic heterocycles. The minimum absolute atomic E-state index is 0.148. The summed E-state index contributed by atoms with van der Waals surface area (Å²) in [4.78, 5) is 19.1. The Morgan fingerprint density at radius 1 is 1.17 bits per heavy atom. The Morgan fingerprint density at radius 3 is 2.73 bits per heavy atom. The van der Waals surface area contributed by atoms with Crippen LogP contribution in [0.4, 0.5) is 15.8 Å². The number of aryl methyl sites for hydroxylation is 2. The summed E-state index contributed by atoms with van der Waals surface area (Å²) in [6, 6.07) is 11.1. The van der Waals surface area contributed by atoms with Gasteiger partial charge in [-0.05, 0) is 62.1 Å². The highest BCUT2D eigenvalue weighted by molar-refractivity contribution is 7.99. The molecule has 1 amide bonds. The zero-order valence-corrected chi connectivity index (χ0v) is 18.0. The van der Waals surface area contributed by atoms with Crippen molar-refractivity contribution in [3.63, 3.8) is 0 Å². The summed E-state index contributed by atoms with van der Waals surface area (Å²) in [7, 11) is 0. The lowest BCUT2D eigenvalue weighted by atomic mass is 10.1. The Balaban J connectivity index is 1.46. The van der Waals surface area contributed by atoms with E-state index in [-0.39, 0.29) is 17.3 Å². The largest absolute Gasteiger partial charge is 0.370 e. The summed E-state index contributed by atoms with van der Waals surface area (Å²) in [5.74, 6) is -0.509. The number of hydrogen-bond acceptors (Lipinski definition) is 4. The molecule has 0 spiro atoms. The summed E-state index contributed by atoms with van der Waals surface area (Å²) in [5.41, 5.74) is 4.45. The molecule has 156 valence electrons. The molecule has 1 saturated heterocycles. The average molecular weight is 425 g/mol. The highest BCUT2D eigenvalue weighted by Crippen LogP contribution is 2.31. The lowest BCUT2D eigenvalue weighted by molar-refractivity contribution is -0.113. The van der Waals surface area contributed by atoms with E-state index in [1.165, 1.54) is 29.0 Å². The first kappa shape index (κ1) is 20.5. The van der Waals surface area contributed by atoms with Gasteiger partial charge in [0.25, 0.3) is 0 Å². The van der Waals surface area contributed by atoms with Crippen molar-refractivity contribution in [1.29, 1.82) is 0 Å². The first-order valence-corrected chi connectivity index (χ1v) is 11.1. The van der Waals surface area contributed by atoms with Crippen LogP contribution >= 0.6 is 11.8 Å². The van der Waals surface area contributed by atoms with Crippen LogP contribution in [0.15, 0.2) is 53.9 Å². The second kappa shape index (κ2) is 8.92. The summed E-state index contributed by atoms with van der Waals surface area (Å²) in [5, 5.41) is 3.50. The smallest absolute Gasteiger partial charge is 0.234 e. The molecule has 30 heavy (non-hydrogen) atoms. The van der Waals surface area contributed by atoms with Gasteiger partial charge in [0, 0.05) is 31.2 Å². The third kappa shape index (κ3) is 4.36. The second-order valence-electron chi connectivity index (χ2n) is 7.51. The standard InChI is InChI=1S/C23H25FN4OS/c1-16-8-9-18(14-17(16)2)28-13-10-25-23(28)30-15-21(29)26-22-19(24)6-5-7-20(22)27-11-3-4-12-27/h5-10,13-14H,3-4,11-12,15H2,1-2H3,(H,26,29). The lowest BCUT2D eigenvalue weighted by Gasteiger charge is -2.22. The van der Waals surface area contributed by atoms with E-state index >= 15 is 0 Å². The van der Waals surface area contributed by atoms with Crippen molar-refractivity contribution in [2.45, 2.75) is 31.8 Å². The van der Waals surface area contributed by atoms with Gasteiger partial charge in [0.1, 0.15) is 11.5 Å². The number of anilines is 2. The molecule has 1 aromatic heterocycles. The van der Waals surface area contributed by atoms with E-state index in [1.54, 1.807) is 12.3 Å². The molecule has 3 aromatic rings. The van der Waals surface area contributed by atoms with Crippen LogP contribution in [0.2, 0.25) is 0 Å². The molecule has 4 rings (SSSR count). The zero-order valence-electron chi connectivity index (χ0n) is 17.2. The van der Waals surface area contributed by atoms with Crippen LogP contribution in [-0.4, -0.2) is 34.3 Å². The molecule has 0 bridgehead atoms. The minimum Gasteiger partial charge on any atom is -0.370 e. The summed E-state index contributed by atoms with van der Waals surface area (Å²) in [6.45, 7) is 5.91. The average Bonchev–Trinajstić information content (AvgIpc) is 3.42. The molecule has 5 nitrogen and oxygen atoms in total. The fourth-order valence-electron chi connectivity index (χ4n) is 3.63. The fraction of sp³-hybridized carbons (Fsp3) is 0.304. The maximum Gasteiger partial charge on any atom is 0.234 e. The summed E-state index contributed by atoms with van der Waals surface area (Å²) < 4.78 is 16.4. The molecule has 1 aliphatic rings. The minimum atomic E-state index is -0.408. The second-order valence-corrected chi connectivity index (χ2v) is 8.46. The van der Waals surface area contributed by atoms with E-state index in [0.717, 1.165) is 42.5 Å². The van der Waals surface area contributed by atoms with Crippen molar-refractivity contribution < 1.29 is 9.18 Å². The highest BCUT2D eigenvalue weighted by Gasteiger charge is 2.20. The number of rotatable bonds is 6. The van der Waals surface area contributed by atoms with Gasteiger partial charge in [0.05, 0.1) is 11.4 Å². The number of amides is 1. The molecular weight excluding hydrogens is 399 g/mol. The third-order valence-electron chi connectivity index (χ3n) is 5.41. The predicted molar refractivity (Wildman–Crippen MR) is 120 cm³/mol. The molecular formula is C23H25FN4OS. The molecule has 7 heteroatoms. The van der Waals surface area contributed by atoms with Crippen LogP contribution in [0.1, 0.15) is 24.0 Å². The molecule has 0 aliphatic carbocycles. The van der Waals surface area contributed by atoms with E-state index in [0.29, 0.717) is 0 Å². The Kier molecular flexibility index (Phi) is 6.08. The van der Waals surface area contributed by atoms with E-state index < -0.39 is 5.82 Å². The van der Waals surface area contributed by atoms with Crippen molar-refractivity contribution in [3.05, 3.63) is 65.7 Å². The van der Waals surface area contributed by atoms with Crippen LogP contribution in [0.5, 0.6) is 0 Å². The number of nitrogens with one attached hydrogen (secondary N) is 1. The van der Waals surface area contributed by atoms with Crippen molar-refractivity contribution >= 4 is 29.0 Å². The Bertz CT molecular complexity index is 1060. The third-order valence-corrected chi connectivity index (χ3v) is 6.38. The predicted octanol–water partition coefficient (Wildman–Crippen LogP) is 4.96. The maximum absolute atomic E-state index is 14.5. The van der Waals surface area contributed by atoms with Crippen molar-refractivity contribution in [2.75, 3.05) is 29.1 Å². The SMILES string of the molecule is Cc1ccc(-n2ccnc2SCC(=O)Nc2c(F)cccc2N2CCCC2)cc1C. The quantitative estimate of drug-likeness (QED) is 0.568. The number of carbonyl (C=O) groups excluding carboxylic acids is 1. The van der Waals surface area contributed by atoms with Gasteiger partial charge in [-0.15, -0.1) is 0 Å². The molecule has 2 aromatic carbocycles. The zero-order chi connectivity index (χ0) is 21.1. The number of thioether (sulfide) groups is 1. The van der Waals surface area contributed by atoms with Gasteiger partial charge in [0.2, 0.25) is 5.91 Å². The monoisotopic (exact) mass is 424 g/mol. The van der Waals surface area contributed by atoms with Crippen molar-refractivity contribution in [2.24, 2.45) is 0 Å². The first-order valence-electron chi connectivity index (χ1n) is 10.1. The van der Waals surface area contributed by atoms with Gasteiger partial charge in [0.15, 0.2) is 5.16 Å². The van der Waals surface area contributed by atoms with E-state index in [1.807, 2.05) is 22.9 Å². The van der Waals surface area contributed by atoms with Crippen molar-refractivity contribution in [3.8, 4) is 5.69 Å². The molecule has 0 atom stereocenters. The van der Waals surface area contributed by atoms with Crippen molar-refractivity contribution in [1.82, 2.24) is 9.55 Å².